The van der Waals surface area contributed by atoms with E-state index in [9.17, 15) is 0 Å². The maximum absolute atomic E-state index is 5.80. The van der Waals surface area contributed by atoms with Gasteiger partial charge in [-0.15, -0.1) is 0 Å². The summed E-state index contributed by atoms with van der Waals surface area (Å²) < 4.78 is 12.6. The van der Waals surface area contributed by atoms with Crippen LogP contribution in [0.2, 0.25) is 0 Å². The number of para-hydroxylation sites is 1. The van der Waals surface area contributed by atoms with Gasteiger partial charge in [-0.25, -0.2) is 0 Å². The van der Waals surface area contributed by atoms with Gasteiger partial charge in [0.2, 0.25) is 0 Å². The van der Waals surface area contributed by atoms with Crippen molar-refractivity contribution in [3.63, 3.8) is 0 Å². The van der Waals surface area contributed by atoms with E-state index in [0.717, 1.165) is 32.7 Å². The molecule has 0 aromatic heterocycles. The number of fused-ring (bicyclic) bond motifs is 3. The smallest absolute Gasteiger partial charge is 0.174 e. The molecule has 5 rings (SSSR count). The van der Waals surface area contributed by atoms with Gasteiger partial charge >= 0.3 is 0 Å². The first-order valence-electron chi connectivity index (χ1n) is 11.9. The first kappa shape index (κ1) is 23.0. The van der Waals surface area contributed by atoms with Gasteiger partial charge in [-0.2, -0.15) is 0 Å². The molecule has 2 aliphatic rings. The van der Waals surface area contributed by atoms with Gasteiger partial charge in [-0.05, 0) is 95.8 Å². The lowest BCUT2D eigenvalue weighted by atomic mass is 9.77. The van der Waals surface area contributed by atoms with Crippen molar-refractivity contribution in [3.8, 4) is 11.5 Å². The number of allylic oxidation sites excluding steroid dienone is 2. The Hall–Kier alpha value is -2.80. The van der Waals surface area contributed by atoms with Crippen molar-refractivity contribution in [2.75, 3.05) is 18.5 Å². The van der Waals surface area contributed by atoms with Crippen LogP contribution in [0.3, 0.4) is 0 Å². The van der Waals surface area contributed by atoms with Crippen molar-refractivity contribution >= 4 is 40.2 Å². The summed E-state index contributed by atoms with van der Waals surface area (Å²) in [7, 11) is 0. The van der Waals surface area contributed by atoms with E-state index in [0.29, 0.717) is 31.1 Å². The predicted molar refractivity (Wildman–Crippen MR) is 148 cm³/mol. The van der Waals surface area contributed by atoms with Crippen LogP contribution in [0.25, 0.3) is 0 Å². The molecule has 3 aromatic carbocycles. The number of rotatable bonds is 7. The molecule has 174 valence electrons. The normalized spacial score (nSPS) is 20.6. The van der Waals surface area contributed by atoms with Crippen LogP contribution in [0.15, 0.2) is 77.8 Å². The fraction of sp³-hybridized carbons (Fsp3) is 0.276. The fourth-order valence-electron chi connectivity index (χ4n) is 5.00. The number of benzene rings is 3. The monoisotopic (exact) mass is 564 g/mol. The Labute approximate surface area is 215 Å². The van der Waals surface area contributed by atoms with Gasteiger partial charge in [0.15, 0.2) is 11.5 Å². The van der Waals surface area contributed by atoms with Crippen LogP contribution in [0, 0.1) is 9.49 Å². The standard InChI is InChI=1S/C29H29IN2O2/c1-3-33-27-17-19(16-25(30)29(27)34-4-2)18-31-21-14-12-20(13-15-21)28-24-10-7-9-22(24)23-8-5-6-11-26(23)32-28/h5-9,11-18,22,24,28,32H,3-4,10H2,1-2H3/t22-,24+,28+/m1/s1. The van der Waals surface area contributed by atoms with E-state index < -0.39 is 0 Å². The zero-order valence-corrected chi connectivity index (χ0v) is 21.7. The zero-order chi connectivity index (χ0) is 23.5. The summed E-state index contributed by atoms with van der Waals surface area (Å²) in [5.74, 6) is 2.60. The van der Waals surface area contributed by atoms with Crippen molar-refractivity contribution in [1.82, 2.24) is 0 Å². The highest BCUT2D eigenvalue weighted by atomic mass is 127. The summed E-state index contributed by atoms with van der Waals surface area (Å²) in [6.07, 6.45) is 7.71. The van der Waals surface area contributed by atoms with Gasteiger partial charge in [-0.1, -0.05) is 42.5 Å². The summed E-state index contributed by atoms with van der Waals surface area (Å²) >= 11 is 2.29. The molecule has 0 spiro atoms. The quantitative estimate of drug-likeness (QED) is 0.182. The average molecular weight is 564 g/mol. The highest BCUT2D eigenvalue weighted by Gasteiger charge is 2.37. The molecule has 3 atom stereocenters. The minimum atomic E-state index is 0.300. The minimum absolute atomic E-state index is 0.300. The predicted octanol–water partition coefficient (Wildman–Crippen LogP) is 7.67. The average Bonchev–Trinajstić information content (AvgIpc) is 3.35. The Bertz CT molecular complexity index is 1220. The molecule has 0 amide bonds. The number of nitrogens with one attached hydrogen (secondary N) is 1. The molecule has 0 saturated carbocycles. The molecule has 0 bridgehead atoms. The highest BCUT2D eigenvalue weighted by molar-refractivity contribution is 14.1. The number of hydrogen-bond donors (Lipinski definition) is 1. The lowest BCUT2D eigenvalue weighted by Gasteiger charge is -2.37. The first-order chi connectivity index (χ1) is 16.7. The molecule has 1 heterocycles. The van der Waals surface area contributed by atoms with E-state index >= 15 is 0 Å². The molecule has 4 nitrogen and oxygen atoms in total. The van der Waals surface area contributed by atoms with Crippen LogP contribution < -0.4 is 14.8 Å². The molecule has 34 heavy (non-hydrogen) atoms. The maximum atomic E-state index is 5.80. The summed E-state index contributed by atoms with van der Waals surface area (Å²) in [4.78, 5) is 4.73. The van der Waals surface area contributed by atoms with E-state index in [-0.39, 0.29) is 0 Å². The molecule has 0 fully saturated rings. The van der Waals surface area contributed by atoms with E-state index in [2.05, 4.69) is 94.7 Å². The molecule has 0 saturated heterocycles. The Morgan fingerprint density at radius 1 is 1.03 bits per heavy atom. The van der Waals surface area contributed by atoms with E-state index in [1.807, 2.05) is 26.1 Å². The third-order valence-corrected chi connectivity index (χ3v) is 7.31. The topological polar surface area (TPSA) is 42.8 Å². The minimum Gasteiger partial charge on any atom is -0.490 e. The van der Waals surface area contributed by atoms with E-state index in [1.165, 1.54) is 16.8 Å². The van der Waals surface area contributed by atoms with Crippen molar-refractivity contribution in [3.05, 3.63) is 93.1 Å². The van der Waals surface area contributed by atoms with Crippen LogP contribution in [-0.2, 0) is 0 Å². The number of anilines is 1. The molecule has 0 radical (unpaired) electrons. The lowest BCUT2D eigenvalue weighted by molar-refractivity contribution is 0.286. The summed E-state index contributed by atoms with van der Waals surface area (Å²) in [6.45, 7) is 5.16. The summed E-state index contributed by atoms with van der Waals surface area (Å²) in [5.41, 5.74) is 5.89. The molecular formula is C29H29IN2O2. The summed E-state index contributed by atoms with van der Waals surface area (Å²) in [5, 5.41) is 3.80. The molecular weight excluding hydrogens is 535 g/mol. The Kier molecular flexibility index (Phi) is 6.90. The van der Waals surface area contributed by atoms with Crippen LogP contribution in [-0.4, -0.2) is 19.4 Å². The zero-order valence-electron chi connectivity index (χ0n) is 19.5. The number of ether oxygens (including phenoxy) is 2. The van der Waals surface area contributed by atoms with Crippen LogP contribution in [0.4, 0.5) is 11.4 Å². The van der Waals surface area contributed by atoms with Gasteiger partial charge in [0.25, 0.3) is 0 Å². The second-order valence-corrected chi connectivity index (χ2v) is 9.77. The van der Waals surface area contributed by atoms with Gasteiger partial charge in [0.1, 0.15) is 0 Å². The Morgan fingerprint density at radius 3 is 2.62 bits per heavy atom. The molecule has 1 aliphatic carbocycles. The number of hydrogen-bond acceptors (Lipinski definition) is 4. The second kappa shape index (κ2) is 10.2. The third-order valence-electron chi connectivity index (χ3n) is 6.51. The largest absolute Gasteiger partial charge is 0.490 e. The van der Waals surface area contributed by atoms with Gasteiger partial charge < -0.3 is 14.8 Å². The van der Waals surface area contributed by atoms with E-state index in [4.69, 9.17) is 14.5 Å². The molecule has 1 N–H and O–H groups in total. The Balaban J connectivity index is 1.35. The molecule has 0 unspecified atom stereocenters. The summed E-state index contributed by atoms with van der Waals surface area (Å²) in [6, 6.07) is 21.7. The molecule has 5 heteroatoms. The Morgan fingerprint density at radius 2 is 1.82 bits per heavy atom. The number of halogens is 1. The highest BCUT2D eigenvalue weighted by Crippen LogP contribution is 2.49. The third kappa shape index (κ3) is 4.58. The second-order valence-electron chi connectivity index (χ2n) is 8.61. The molecule has 3 aromatic rings. The molecule has 1 aliphatic heterocycles. The van der Waals surface area contributed by atoms with Crippen molar-refractivity contribution in [2.45, 2.75) is 32.2 Å². The van der Waals surface area contributed by atoms with Crippen LogP contribution >= 0.6 is 22.6 Å². The van der Waals surface area contributed by atoms with Crippen LogP contribution in [0.1, 0.15) is 48.9 Å². The maximum Gasteiger partial charge on any atom is 0.174 e. The number of nitrogens with zero attached hydrogens (tertiary/aromatic N) is 1. The fourth-order valence-corrected chi connectivity index (χ4v) is 5.78. The van der Waals surface area contributed by atoms with Crippen molar-refractivity contribution in [2.24, 2.45) is 10.9 Å². The van der Waals surface area contributed by atoms with Crippen molar-refractivity contribution in [1.29, 1.82) is 0 Å². The van der Waals surface area contributed by atoms with E-state index in [1.54, 1.807) is 0 Å². The number of aliphatic imine (C=N–C) groups is 1. The first-order valence-corrected chi connectivity index (χ1v) is 13.0. The SMILES string of the molecule is CCOc1cc(C=Nc2ccc([C@@H]3Nc4ccccc4[C@H]4C=CC[C@@H]43)cc2)cc(I)c1OCC. The van der Waals surface area contributed by atoms with Crippen molar-refractivity contribution < 1.29 is 9.47 Å². The van der Waals surface area contributed by atoms with Gasteiger partial charge in [0, 0.05) is 17.8 Å². The van der Waals surface area contributed by atoms with Gasteiger partial charge in [-0.3, -0.25) is 4.99 Å². The lowest BCUT2D eigenvalue weighted by Crippen LogP contribution is -2.28. The van der Waals surface area contributed by atoms with Gasteiger partial charge in [0.05, 0.1) is 28.5 Å². The van der Waals surface area contributed by atoms with Crippen LogP contribution in [0.5, 0.6) is 11.5 Å².